The van der Waals surface area contributed by atoms with E-state index in [0.717, 1.165) is 34.8 Å². The fourth-order valence-corrected chi connectivity index (χ4v) is 4.10. The van der Waals surface area contributed by atoms with Crippen LogP contribution in [-0.4, -0.2) is 38.3 Å². The highest BCUT2D eigenvalue weighted by Crippen LogP contribution is 2.23. The first-order chi connectivity index (χ1) is 14.2. The molecule has 4 heterocycles. The normalized spacial score (nSPS) is 17.2. The number of hydrogen-bond acceptors (Lipinski definition) is 4. The highest BCUT2D eigenvalue weighted by molar-refractivity contribution is 6.06. The zero-order valence-electron chi connectivity index (χ0n) is 16.4. The number of aromatic amines is 1. The maximum Gasteiger partial charge on any atom is 0.256 e. The van der Waals surface area contributed by atoms with E-state index in [4.69, 9.17) is 0 Å². The van der Waals surface area contributed by atoms with Crippen LogP contribution in [0.15, 0.2) is 55.0 Å². The first kappa shape index (κ1) is 17.8. The van der Waals surface area contributed by atoms with Crippen LogP contribution in [0, 0.1) is 0 Å². The van der Waals surface area contributed by atoms with Crippen molar-refractivity contribution < 1.29 is 4.79 Å². The topological polar surface area (TPSA) is 73.9 Å². The Hall–Kier alpha value is -3.25. The summed E-state index contributed by atoms with van der Waals surface area (Å²) in [6.07, 6.45) is 7.86. The van der Waals surface area contributed by atoms with Crippen LogP contribution in [0.3, 0.4) is 0 Å². The number of benzene rings is 1. The van der Waals surface area contributed by atoms with Crippen LogP contribution in [0.1, 0.15) is 35.8 Å². The lowest BCUT2D eigenvalue weighted by atomic mass is 10.1. The third-order valence-electron chi connectivity index (χ3n) is 5.77. The Bertz CT molecular complexity index is 1200. The van der Waals surface area contributed by atoms with Crippen molar-refractivity contribution in [2.75, 3.05) is 11.9 Å². The molecule has 1 atom stereocenters. The molecule has 0 saturated carbocycles. The minimum atomic E-state index is -0.173. The average Bonchev–Trinajstić information content (AvgIpc) is 3.33. The molecule has 1 amide bonds. The van der Waals surface area contributed by atoms with Crippen LogP contribution >= 0.6 is 0 Å². The first-order valence-corrected chi connectivity index (χ1v) is 10.0. The van der Waals surface area contributed by atoms with Crippen molar-refractivity contribution in [3.8, 4) is 0 Å². The lowest BCUT2D eigenvalue weighted by molar-refractivity contribution is 0.102. The quantitative estimate of drug-likeness (QED) is 0.548. The first-order valence-electron chi connectivity index (χ1n) is 10.0. The van der Waals surface area contributed by atoms with Gasteiger partial charge in [-0.15, -0.1) is 0 Å². The predicted molar refractivity (Wildman–Crippen MR) is 115 cm³/mol. The molecule has 1 aromatic carbocycles. The third kappa shape index (κ3) is 3.59. The average molecular weight is 385 g/mol. The lowest BCUT2D eigenvalue weighted by Crippen LogP contribution is -2.26. The molecule has 1 aliphatic heterocycles. The summed E-state index contributed by atoms with van der Waals surface area (Å²) in [6.45, 7) is 4.36. The molecular formula is C23H23N5O. The molecular weight excluding hydrogens is 362 g/mol. The molecule has 6 nitrogen and oxygen atoms in total. The van der Waals surface area contributed by atoms with E-state index in [0.29, 0.717) is 17.4 Å². The van der Waals surface area contributed by atoms with E-state index in [1.165, 1.54) is 18.5 Å². The number of pyridine rings is 2. The molecule has 1 saturated heterocycles. The van der Waals surface area contributed by atoms with Crippen molar-refractivity contribution in [1.29, 1.82) is 0 Å². The third-order valence-corrected chi connectivity index (χ3v) is 5.77. The highest BCUT2D eigenvalue weighted by Gasteiger charge is 2.20. The minimum absolute atomic E-state index is 0.173. The number of rotatable bonds is 4. The summed E-state index contributed by atoms with van der Waals surface area (Å²) in [6, 6.07) is 12.2. The molecule has 2 N–H and O–H groups in total. The van der Waals surface area contributed by atoms with Gasteiger partial charge in [0.1, 0.15) is 5.82 Å². The predicted octanol–water partition coefficient (Wildman–Crippen LogP) is 4.35. The second kappa shape index (κ2) is 7.29. The Kier molecular flexibility index (Phi) is 4.48. The van der Waals surface area contributed by atoms with Crippen molar-refractivity contribution in [3.63, 3.8) is 0 Å². The van der Waals surface area contributed by atoms with E-state index in [-0.39, 0.29) is 5.91 Å². The van der Waals surface area contributed by atoms with Gasteiger partial charge in [0.15, 0.2) is 0 Å². The van der Waals surface area contributed by atoms with E-state index >= 15 is 0 Å². The molecule has 1 fully saturated rings. The van der Waals surface area contributed by atoms with Crippen molar-refractivity contribution in [2.45, 2.75) is 32.4 Å². The van der Waals surface area contributed by atoms with Crippen molar-refractivity contribution in [2.24, 2.45) is 0 Å². The van der Waals surface area contributed by atoms with E-state index < -0.39 is 0 Å². The Morgan fingerprint density at radius 1 is 1.17 bits per heavy atom. The molecule has 0 spiro atoms. The zero-order valence-corrected chi connectivity index (χ0v) is 16.4. The number of likely N-dealkylation sites (tertiary alicyclic amines) is 1. The van der Waals surface area contributed by atoms with Crippen LogP contribution in [0.5, 0.6) is 0 Å². The van der Waals surface area contributed by atoms with Gasteiger partial charge in [-0.3, -0.25) is 14.7 Å². The van der Waals surface area contributed by atoms with Gasteiger partial charge in [0.2, 0.25) is 0 Å². The van der Waals surface area contributed by atoms with Crippen molar-refractivity contribution in [3.05, 3.63) is 66.2 Å². The van der Waals surface area contributed by atoms with Gasteiger partial charge in [0.25, 0.3) is 5.91 Å². The lowest BCUT2D eigenvalue weighted by Gasteiger charge is -2.19. The second-order valence-electron chi connectivity index (χ2n) is 7.80. The van der Waals surface area contributed by atoms with Gasteiger partial charge in [-0.1, -0.05) is 6.07 Å². The number of carbonyl (C=O) groups excluding carboxylic acids is 1. The number of nitrogens with one attached hydrogen (secondary N) is 2. The molecule has 5 rings (SSSR count). The van der Waals surface area contributed by atoms with E-state index in [2.05, 4.69) is 38.2 Å². The maximum atomic E-state index is 12.7. The van der Waals surface area contributed by atoms with Crippen LogP contribution < -0.4 is 5.32 Å². The maximum absolute atomic E-state index is 12.7. The largest absolute Gasteiger partial charge is 0.357 e. The monoisotopic (exact) mass is 385 g/mol. The smallest absolute Gasteiger partial charge is 0.256 e. The fourth-order valence-electron chi connectivity index (χ4n) is 4.10. The summed E-state index contributed by atoms with van der Waals surface area (Å²) in [5, 5.41) is 5.96. The molecule has 0 bridgehead atoms. The Morgan fingerprint density at radius 3 is 2.97 bits per heavy atom. The number of carbonyl (C=O) groups is 1. The summed E-state index contributed by atoms with van der Waals surface area (Å²) in [4.78, 5) is 27.2. The minimum Gasteiger partial charge on any atom is -0.357 e. The van der Waals surface area contributed by atoms with Gasteiger partial charge >= 0.3 is 0 Å². The number of hydrogen-bond donors (Lipinski definition) is 2. The fraction of sp³-hybridized carbons (Fsp3) is 0.261. The van der Waals surface area contributed by atoms with Gasteiger partial charge in [-0.25, -0.2) is 4.98 Å². The number of H-pyrrole nitrogens is 1. The summed E-state index contributed by atoms with van der Waals surface area (Å²) in [5.74, 6) is 0.369. The Labute approximate surface area is 169 Å². The molecule has 1 aliphatic rings. The SMILES string of the molecule is C[C@H]1CCCN1Cc1cc2cnc(NC(=O)c3ccc4cnccc4c3)cc2[nH]1. The van der Waals surface area contributed by atoms with Gasteiger partial charge in [0.05, 0.1) is 5.52 Å². The number of fused-ring (bicyclic) bond motifs is 2. The zero-order chi connectivity index (χ0) is 19.8. The second-order valence-corrected chi connectivity index (χ2v) is 7.80. The highest BCUT2D eigenvalue weighted by atomic mass is 16.1. The van der Waals surface area contributed by atoms with Crippen LogP contribution in [-0.2, 0) is 6.54 Å². The standard InChI is InChI=1S/C23H23N5O/c1-15-3-2-8-28(15)14-20-10-19-13-25-22(11-21(19)26-20)27-23(29)17-4-5-18-12-24-7-6-16(18)9-17/h4-7,9-13,15,26H,2-3,8,14H2,1H3,(H,25,27,29)/t15-/m0/s1. The van der Waals surface area contributed by atoms with E-state index in [1.807, 2.05) is 36.5 Å². The molecule has 0 radical (unpaired) electrons. The summed E-state index contributed by atoms with van der Waals surface area (Å²) in [5.41, 5.74) is 2.77. The molecule has 0 unspecified atom stereocenters. The van der Waals surface area contributed by atoms with Gasteiger partial charge < -0.3 is 10.3 Å². The van der Waals surface area contributed by atoms with Crippen molar-refractivity contribution in [1.82, 2.24) is 19.9 Å². The summed E-state index contributed by atoms with van der Waals surface area (Å²) in [7, 11) is 0. The molecule has 29 heavy (non-hydrogen) atoms. The van der Waals surface area contributed by atoms with Crippen LogP contribution in [0.2, 0.25) is 0 Å². The van der Waals surface area contributed by atoms with Gasteiger partial charge in [-0.2, -0.15) is 0 Å². The summed E-state index contributed by atoms with van der Waals surface area (Å²) >= 11 is 0. The number of nitrogens with zero attached hydrogens (tertiary/aromatic N) is 3. The van der Waals surface area contributed by atoms with E-state index in [1.54, 1.807) is 12.4 Å². The Morgan fingerprint density at radius 2 is 2.10 bits per heavy atom. The summed E-state index contributed by atoms with van der Waals surface area (Å²) < 4.78 is 0. The Balaban J connectivity index is 1.34. The number of amides is 1. The molecule has 3 aromatic heterocycles. The molecule has 6 heteroatoms. The van der Waals surface area contributed by atoms with Crippen molar-refractivity contribution >= 4 is 33.4 Å². The van der Waals surface area contributed by atoms with Gasteiger partial charge in [-0.05, 0) is 56.0 Å². The molecule has 4 aromatic rings. The van der Waals surface area contributed by atoms with Crippen LogP contribution in [0.4, 0.5) is 5.82 Å². The number of anilines is 1. The molecule has 146 valence electrons. The van der Waals surface area contributed by atoms with Crippen LogP contribution in [0.25, 0.3) is 21.7 Å². The molecule has 0 aliphatic carbocycles. The van der Waals surface area contributed by atoms with E-state index in [9.17, 15) is 4.79 Å². The van der Waals surface area contributed by atoms with Gasteiger partial charge in [0, 0.05) is 59.3 Å². The number of aromatic nitrogens is 3.